The Morgan fingerprint density at radius 1 is 1.60 bits per heavy atom. The molecule has 0 aliphatic carbocycles. The van der Waals surface area contributed by atoms with Gasteiger partial charge in [-0.1, -0.05) is 27.5 Å². The van der Waals surface area contributed by atoms with Crippen LogP contribution in [0.4, 0.5) is 0 Å². The van der Waals surface area contributed by atoms with Crippen molar-refractivity contribution in [2.45, 2.75) is 6.54 Å². The van der Waals surface area contributed by atoms with Crippen LogP contribution in [-0.2, 0) is 11.3 Å². The first-order valence-electron chi connectivity index (χ1n) is 4.33. The summed E-state index contributed by atoms with van der Waals surface area (Å²) in [6.45, 7) is -0.0974. The molecule has 0 saturated carbocycles. The van der Waals surface area contributed by atoms with Gasteiger partial charge in [0.1, 0.15) is 6.61 Å². The molecule has 1 rings (SSSR count). The summed E-state index contributed by atoms with van der Waals surface area (Å²) in [5, 5.41) is 9.28. The molecule has 5 heteroatoms. The summed E-state index contributed by atoms with van der Waals surface area (Å²) in [4.78, 5) is 12.6. The van der Waals surface area contributed by atoms with Gasteiger partial charge in [0.05, 0.1) is 0 Å². The van der Waals surface area contributed by atoms with Gasteiger partial charge in [-0.15, -0.1) is 0 Å². The summed E-state index contributed by atoms with van der Waals surface area (Å²) < 4.78 is 0.909. The average Bonchev–Trinajstić information content (AvgIpc) is 2.22. The van der Waals surface area contributed by atoms with Gasteiger partial charge in [-0.2, -0.15) is 0 Å². The van der Waals surface area contributed by atoms with E-state index in [1.807, 2.05) is 12.1 Å². The summed E-state index contributed by atoms with van der Waals surface area (Å²) >= 11 is 9.30. The standard InChI is InChI=1S/C10H11BrClNO2/c1-13(10(15)6-14)5-7-4-8(11)2-3-9(7)12/h2-4,14H,5-6H2,1H3. The second-order valence-electron chi connectivity index (χ2n) is 3.14. The molecule has 0 spiro atoms. The van der Waals surface area contributed by atoms with Crippen molar-refractivity contribution in [3.63, 3.8) is 0 Å². The highest BCUT2D eigenvalue weighted by atomic mass is 79.9. The van der Waals surface area contributed by atoms with Gasteiger partial charge in [0.25, 0.3) is 0 Å². The molecule has 0 radical (unpaired) electrons. The van der Waals surface area contributed by atoms with E-state index in [2.05, 4.69) is 15.9 Å². The summed E-state index contributed by atoms with van der Waals surface area (Å²) in [6.07, 6.45) is 0. The van der Waals surface area contributed by atoms with Crippen molar-refractivity contribution < 1.29 is 9.90 Å². The molecule has 1 aromatic carbocycles. The summed E-state index contributed by atoms with van der Waals surface area (Å²) in [7, 11) is 1.62. The van der Waals surface area contributed by atoms with Crippen LogP contribution in [-0.4, -0.2) is 29.6 Å². The molecule has 1 amide bonds. The minimum absolute atomic E-state index is 0.328. The Bertz CT molecular complexity index is 370. The van der Waals surface area contributed by atoms with E-state index in [1.165, 1.54) is 4.90 Å². The number of aliphatic hydroxyl groups is 1. The molecule has 0 unspecified atom stereocenters. The van der Waals surface area contributed by atoms with Gasteiger partial charge in [0, 0.05) is 23.1 Å². The monoisotopic (exact) mass is 291 g/mol. The maximum Gasteiger partial charge on any atom is 0.248 e. The van der Waals surface area contributed by atoms with Crippen molar-refractivity contribution in [2.24, 2.45) is 0 Å². The minimum Gasteiger partial charge on any atom is -0.387 e. The van der Waals surface area contributed by atoms with E-state index >= 15 is 0 Å². The molecular formula is C10H11BrClNO2. The lowest BCUT2D eigenvalue weighted by atomic mass is 10.2. The van der Waals surface area contributed by atoms with Gasteiger partial charge in [-0.25, -0.2) is 0 Å². The second-order valence-corrected chi connectivity index (χ2v) is 4.47. The van der Waals surface area contributed by atoms with Crippen LogP contribution < -0.4 is 0 Å². The lowest BCUT2D eigenvalue weighted by Crippen LogP contribution is -2.28. The third kappa shape index (κ3) is 3.48. The number of amides is 1. The number of benzene rings is 1. The molecule has 0 aliphatic heterocycles. The van der Waals surface area contributed by atoms with Crippen LogP contribution in [0, 0.1) is 0 Å². The van der Waals surface area contributed by atoms with Crippen LogP contribution >= 0.6 is 27.5 Å². The molecule has 0 bridgehead atoms. The number of halogens is 2. The highest BCUT2D eigenvalue weighted by Crippen LogP contribution is 2.21. The number of hydrogen-bond acceptors (Lipinski definition) is 2. The number of likely N-dealkylation sites (N-methyl/N-ethyl adjacent to an activating group) is 1. The fourth-order valence-electron chi connectivity index (χ4n) is 1.13. The molecule has 1 N–H and O–H groups in total. The van der Waals surface area contributed by atoms with Gasteiger partial charge in [0.15, 0.2) is 0 Å². The third-order valence-corrected chi connectivity index (χ3v) is 2.84. The Morgan fingerprint density at radius 3 is 2.87 bits per heavy atom. The predicted octanol–water partition coefficient (Wildman–Crippen LogP) is 2.05. The van der Waals surface area contributed by atoms with Crippen LogP contribution in [0.15, 0.2) is 22.7 Å². The van der Waals surface area contributed by atoms with Crippen molar-refractivity contribution in [3.8, 4) is 0 Å². The highest BCUT2D eigenvalue weighted by molar-refractivity contribution is 9.10. The lowest BCUT2D eigenvalue weighted by molar-refractivity contribution is -0.133. The van der Waals surface area contributed by atoms with E-state index in [9.17, 15) is 4.79 Å². The van der Waals surface area contributed by atoms with Crippen LogP contribution in [0.2, 0.25) is 5.02 Å². The zero-order valence-corrected chi connectivity index (χ0v) is 10.5. The van der Waals surface area contributed by atoms with Gasteiger partial charge in [0.2, 0.25) is 5.91 Å². The maximum absolute atomic E-state index is 11.1. The van der Waals surface area contributed by atoms with E-state index in [0.29, 0.717) is 11.6 Å². The van der Waals surface area contributed by atoms with Crippen molar-refractivity contribution in [1.82, 2.24) is 4.90 Å². The van der Waals surface area contributed by atoms with Crippen LogP contribution in [0.3, 0.4) is 0 Å². The Morgan fingerprint density at radius 2 is 2.27 bits per heavy atom. The van der Waals surface area contributed by atoms with Gasteiger partial charge in [-0.05, 0) is 23.8 Å². The van der Waals surface area contributed by atoms with E-state index in [0.717, 1.165) is 10.0 Å². The normalized spacial score (nSPS) is 10.1. The molecule has 0 saturated heterocycles. The number of hydrogen-bond donors (Lipinski definition) is 1. The Balaban J connectivity index is 2.80. The van der Waals surface area contributed by atoms with Crippen LogP contribution in [0.1, 0.15) is 5.56 Å². The van der Waals surface area contributed by atoms with Crippen LogP contribution in [0.5, 0.6) is 0 Å². The van der Waals surface area contributed by atoms with Gasteiger partial charge >= 0.3 is 0 Å². The molecule has 82 valence electrons. The molecule has 0 heterocycles. The van der Waals surface area contributed by atoms with Crippen LogP contribution in [0.25, 0.3) is 0 Å². The molecule has 0 atom stereocenters. The lowest BCUT2D eigenvalue weighted by Gasteiger charge is -2.16. The molecule has 0 aliphatic rings. The van der Waals surface area contributed by atoms with Crippen molar-refractivity contribution in [1.29, 1.82) is 0 Å². The summed E-state index contributed by atoms with van der Waals surface area (Å²) in [5.74, 6) is -0.328. The van der Waals surface area contributed by atoms with E-state index in [4.69, 9.17) is 16.7 Å². The van der Waals surface area contributed by atoms with E-state index in [-0.39, 0.29) is 5.91 Å². The first-order chi connectivity index (χ1) is 7.04. The molecule has 0 fully saturated rings. The van der Waals surface area contributed by atoms with E-state index < -0.39 is 6.61 Å². The zero-order valence-electron chi connectivity index (χ0n) is 8.20. The molecule has 3 nitrogen and oxygen atoms in total. The smallest absolute Gasteiger partial charge is 0.248 e. The number of carbonyl (C=O) groups excluding carboxylic acids is 1. The molecule has 1 aromatic rings. The van der Waals surface area contributed by atoms with E-state index in [1.54, 1.807) is 13.1 Å². The zero-order chi connectivity index (χ0) is 11.4. The topological polar surface area (TPSA) is 40.5 Å². The van der Waals surface area contributed by atoms with Crippen molar-refractivity contribution >= 4 is 33.4 Å². The number of carbonyl (C=O) groups is 1. The largest absolute Gasteiger partial charge is 0.387 e. The molecule has 0 aromatic heterocycles. The highest BCUT2D eigenvalue weighted by Gasteiger charge is 2.09. The maximum atomic E-state index is 11.1. The summed E-state index contributed by atoms with van der Waals surface area (Å²) in [5.41, 5.74) is 0.843. The average molecular weight is 293 g/mol. The fourth-order valence-corrected chi connectivity index (χ4v) is 1.71. The third-order valence-electron chi connectivity index (χ3n) is 1.98. The second kappa shape index (κ2) is 5.49. The number of nitrogens with zero attached hydrogens (tertiary/aromatic N) is 1. The molecular weight excluding hydrogens is 281 g/mol. The van der Waals surface area contributed by atoms with Gasteiger partial charge < -0.3 is 10.0 Å². The number of rotatable bonds is 3. The Labute approximate surface area is 102 Å². The van der Waals surface area contributed by atoms with Crippen molar-refractivity contribution in [3.05, 3.63) is 33.3 Å². The Hall–Kier alpha value is -0.580. The minimum atomic E-state index is -0.484. The molecule has 15 heavy (non-hydrogen) atoms. The predicted molar refractivity (Wildman–Crippen MR) is 62.7 cm³/mol. The first kappa shape index (κ1) is 12.5. The quantitative estimate of drug-likeness (QED) is 0.926. The van der Waals surface area contributed by atoms with Gasteiger partial charge in [-0.3, -0.25) is 4.79 Å². The number of aliphatic hydroxyl groups excluding tert-OH is 1. The SMILES string of the molecule is CN(Cc1cc(Br)ccc1Cl)C(=O)CO. The fraction of sp³-hybridized carbons (Fsp3) is 0.300. The van der Waals surface area contributed by atoms with Crippen molar-refractivity contribution in [2.75, 3.05) is 13.7 Å². The first-order valence-corrected chi connectivity index (χ1v) is 5.50. The Kier molecular flexibility index (Phi) is 4.57. The summed E-state index contributed by atoms with van der Waals surface area (Å²) in [6, 6.07) is 5.45.